The smallest absolute Gasteiger partial charge is 0.0617 e. The Morgan fingerprint density at radius 2 is 0.488 bits per heavy atom. The second-order valence-corrected chi connectivity index (χ2v) is 19.4. The van der Waals surface area contributed by atoms with Crippen LogP contribution in [-0.2, 0) is 0 Å². The molecule has 0 saturated heterocycles. The Morgan fingerprint density at radius 3 is 0.683 bits per heavy atom. The molecule has 0 atom stereocenters. The van der Waals surface area contributed by atoms with Gasteiger partial charge in [0.15, 0.2) is 0 Å². The van der Waals surface area contributed by atoms with Gasteiger partial charge in [-0.05, 0) is 37.5 Å². The molecule has 0 amide bonds. The van der Waals surface area contributed by atoms with Gasteiger partial charge in [-0.15, -0.1) is 0 Å². The van der Waals surface area contributed by atoms with E-state index in [0.29, 0.717) is 0 Å². The lowest BCUT2D eigenvalue weighted by atomic mass is 10.0. The predicted octanol–water partition coefficient (Wildman–Crippen LogP) is 15.3. The molecular formula is C40H84P+. The molecule has 0 aliphatic rings. The minimum atomic E-state index is -0.777. The van der Waals surface area contributed by atoms with Gasteiger partial charge in [0, 0.05) is 7.26 Å². The van der Waals surface area contributed by atoms with Crippen LogP contribution in [0, 0.1) is 11.8 Å². The van der Waals surface area contributed by atoms with Crippen molar-refractivity contribution in [3.8, 4) is 0 Å². The summed E-state index contributed by atoms with van der Waals surface area (Å²) in [6.45, 7) is 14.7. The van der Waals surface area contributed by atoms with E-state index in [1.54, 1.807) is 24.6 Å². The van der Waals surface area contributed by atoms with Crippen molar-refractivity contribution in [3.63, 3.8) is 0 Å². The fraction of sp³-hybridized carbons (Fsp3) is 1.00. The first-order chi connectivity index (χ1) is 20.0. The molecule has 0 aliphatic carbocycles. The molecule has 0 rings (SSSR count). The van der Waals surface area contributed by atoms with Crippen molar-refractivity contribution in [1.82, 2.24) is 0 Å². The quantitative estimate of drug-likeness (QED) is 0.0512. The first-order valence-corrected chi connectivity index (χ1v) is 22.3. The predicted molar refractivity (Wildman–Crippen MR) is 197 cm³/mol. The Morgan fingerprint density at radius 1 is 0.293 bits per heavy atom. The van der Waals surface area contributed by atoms with Crippen molar-refractivity contribution in [2.45, 2.75) is 221 Å². The van der Waals surface area contributed by atoms with E-state index in [1.807, 2.05) is 0 Å². The van der Waals surface area contributed by atoms with Gasteiger partial charge in [0.1, 0.15) is 0 Å². The summed E-state index contributed by atoms with van der Waals surface area (Å²) in [5.41, 5.74) is 0. The second kappa shape index (κ2) is 31.8. The van der Waals surface area contributed by atoms with E-state index < -0.39 is 7.26 Å². The van der Waals surface area contributed by atoms with Crippen molar-refractivity contribution in [3.05, 3.63) is 0 Å². The van der Waals surface area contributed by atoms with Gasteiger partial charge in [-0.3, -0.25) is 0 Å². The van der Waals surface area contributed by atoms with Crippen LogP contribution < -0.4 is 0 Å². The van der Waals surface area contributed by atoms with Crippen LogP contribution in [0.5, 0.6) is 0 Å². The van der Waals surface area contributed by atoms with Crippen LogP contribution in [0.2, 0.25) is 0 Å². The van der Waals surface area contributed by atoms with Crippen LogP contribution >= 0.6 is 7.26 Å². The molecule has 0 heterocycles. The van der Waals surface area contributed by atoms with Crippen LogP contribution in [-0.4, -0.2) is 24.6 Å². The number of hydrogen-bond acceptors (Lipinski definition) is 0. The highest BCUT2D eigenvalue weighted by Gasteiger charge is 2.37. The van der Waals surface area contributed by atoms with E-state index >= 15 is 0 Å². The van der Waals surface area contributed by atoms with E-state index in [9.17, 15) is 0 Å². The van der Waals surface area contributed by atoms with E-state index in [-0.39, 0.29) is 0 Å². The van der Waals surface area contributed by atoms with Gasteiger partial charge in [0.25, 0.3) is 0 Å². The van der Waals surface area contributed by atoms with Crippen LogP contribution in [0.3, 0.4) is 0 Å². The van der Waals surface area contributed by atoms with Gasteiger partial charge >= 0.3 is 0 Å². The highest BCUT2D eigenvalue weighted by Crippen LogP contribution is 2.62. The average molecular weight is 596 g/mol. The molecule has 0 bridgehead atoms. The maximum absolute atomic E-state index is 2.51. The minimum Gasteiger partial charge on any atom is -0.0654 e. The van der Waals surface area contributed by atoms with Crippen molar-refractivity contribution in [2.24, 2.45) is 11.8 Å². The summed E-state index contributed by atoms with van der Waals surface area (Å²) >= 11 is 0. The summed E-state index contributed by atoms with van der Waals surface area (Å²) in [6, 6.07) is 0. The standard InChI is InChI=1S/C40H84P/c1-7-9-11-13-15-17-19-21-23-25-27-29-31-33-35-41(37-39(3)4,38-40(5)6)36-34-32-30-28-26-24-22-20-18-16-14-12-10-8-2/h39-40H,7-38H2,1-6H3/q+1. The molecule has 0 aromatic carbocycles. The lowest BCUT2D eigenvalue weighted by Gasteiger charge is -2.31. The maximum atomic E-state index is 2.51. The number of hydrogen-bond donors (Lipinski definition) is 0. The van der Waals surface area contributed by atoms with Gasteiger partial charge < -0.3 is 0 Å². The van der Waals surface area contributed by atoms with Crippen LogP contribution in [0.25, 0.3) is 0 Å². The third-order valence-electron chi connectivity index (χ3n) is 9.48. The third kappa shape index (κ3) is 30.2. The average Bonchev–Trinajstić information content (AvgIpc) is 2.92. The summed E-state index contributed by atoms with van der Waals surface area (Å²) in [7, 11) is -0.777. The molecule has 248 valence electrons. The second-order valence-electron chi connectivity index (χ2n) is 15.1. The highest BCUT2D eigenvalue weighted by atomic mass is 31.2. The van der Waals surface area contributed by atoms with Crippen LogP contribution in [0.15, 0.2) is 0 Å². The normalized spacial score (nSPS) is 12.3. The van der Waals surface area contributed by atoms with Gasteiger partial charge in [0.05, 0.1) is 24.6 Å². The van der Waals surface area contributed by atoms with Gasteiger partial charge in [-0.1, -0.05) is 196 Å². The van der Waals surface area contributed by atoms with Crippen LogP contribution in [0.1, 0.15) is 221 Å². The van der Waals surface area contributed by atoms with Gasteiger partial charge in [0.2, 0.25) is 0 Å². The molecule has 41 heavy (non-hydrogen) atoms. The summed E-state index contributed by atoms with van der Waals surface area (Å²) in [4.78, 5) is 0. The Kier molecular flexibility index (Phi) is 32.2. The molecule has 1 heteroatoms. The summed E-state index contributed by atoms with van der Waals surface area (Å²) in [5.74, 6) is 1.78. The molecule has 0 unspecified atom stereocenters. The Labute approximate surface area is 264 Å². The number of unbranched alkanes of at least 4 members (excludes halogenated alkanes) is 26. The highest BCUT2D eigenvalue weighted by molar-refractivity contribution is 7.75. The SMILES string of the molecule is CCCCCCCCCCCCCCCC[P+](CCCCCCCCCCCCCCCC)(CC(C)C)CC(C)C. The van der Waals surface area contributed by atoms with E-state index in [0.717, 1.165) is 11.8 Å². The Balaban J connectivity index is 4.02. The van der Waals surface area contributed by atoms with Crippen molar-refractivity contribution in [2.75, 3.05) is 24.6 Å². The van der Waals surface area contributed by atoms with Crippen LogP contribution in [0.4, 0.5) is 0 Å². The topological polar surface area (TPSA) is 0 Å². The first kappa shape index (κ1) is 41.4. The lowest BCUT2D eigenvalue weighted by molar-refractivity contribution is 0.537. The van der Waals surface area contributed by atoms with Gasteiger partial charge in [-0.25, -0.2) is 0 Å². The summed E-state index contributed by atoms with van der Waals surface area (Å²) in [6.07, 6.45) is 47.8. The van der Waals surface area contributed by atoms with E-state index in [2.05, 4.69) is 41.5 Å². The minimum absolute atomic E-state index is 0.777. The molecule has 0 nitrogen and oxygen atoms in total. The maximum Gasteiger partial charge on any atom is 0.0617 e. The zero-order chi connectivity index (χ0) is 30.3. The molecule has 0 aliphatic heterocycles. The van der Waals surface area contributed by atoms with E-state index in [4.69, 9.17) is 0 Å². The Hall–Kier alpha value is 0.430. The number of rotatable bonds is 34. The zero-order valence-corrected chi connectivity index (χ0v) is 31.1. The summed E-state index contributed by atoms with van der Waals surface area (Å²) in [5, 5.41) is 0. The van der Waals surface area contributed by atoms with Crippen molar-refractivity contribution >= 4 is 7.26 Å². The summed E-state index contributed by atoms with van der Waals surface area (Å²) < 4.78 is 0. The first-order valence-electron chi connectivity index (χ1n) is 19.8. The lowest BCUT2D eigenvalue weighted by Crippen LogP contribution is -2.18. The zero-order valence-electron chi connectivity index (χ0n) is 30.2. The molecule has 0 fully saturated rings. The van der Waals surface area contributed by atoms with Crippen molar-refractivity contribution < 1.29 is 0 Å². The molecule has 0 radical (unpaired) electrons. The molecule has 0 saturated carbocycles. The third-order valence-corrected chi connectivity index (χ3v) is 15.0. The molecule has 0 aromatic heterocycles. The molecule has 0 N–H and O–H groups in total. The van der Waals surface area contributed by atoms with Crippen molar-refractivity contribution in [1.29, 1.82) is 0 Å². The Bertz CT molecular complexity index is 437. The van der Waals surface area contributed by atoms with Gasteiger partial charge in [-0.2, -0.15) is 0 Å². The van der Waals surface area contributed by atoms with E-state index in [1.165, 1.54) is 180 Å². The largest absolute Gasteiger partial charge is 0.0654 e. The molecular weight excluding hydrogens is 511 g/mol. The molecule has 0 aromatic rings. The monoisotopic (exact) mass is 596 g/mol. The fourth-order valence-corrected chi connectivity index (χ4v) is 13.4. The molecule has 0 spiro atoms. The fourth-order valence-electron chi connectivity index (χ4n) is 7.38.